The number of ether oxygens (including phenoxy) is 1. The zero-order valence-electron chi connectivity index (χ0n) is 6.10. The van der Waals surface area contributed by atoms with Crippen LogP contribution in [0.25, 0.3) is 0 Å². The summed E-state index contributed by atoms with van der Waals surface area (Å²) in [4.78, 5) is 0.239. The van der Waals surface area contributed by atoms with Gasteiger partial charge in [0.15, 0.2) is 0 Å². The van der Waals surface area contributed by atoms with Gasteiger partial charge in [0.2, 0.25) is 0 Å². The van der Waals surface area contributed by atoms with Gasteiger partial charge in [0, 0.05) is 4.90 Å². The molecule has 0 aliphatic heterocycles. The molecule has 1 rings (SSSR count). The van der Waals surface area contributed by atoms with Gasteiger partial charge in [-0.05, 0) is 18.2 Å². The molecule has 13 heavy (non-hydrogen) atoms. The molecule has 0 bridgehead atoms. The maximum absolute atomic E-state index is 11.7. The summed E-state index contributed by atoms with van der Waals surface area (Å²) in [6.07, 6.45) is -4.69. The van der Waals surface area contributed by atoms with Crippen LogP contribution in [0.2, 0.25) is 5.02 Å². The SMILES string of the molecule is FC(F)(F)Oc1ccc(Cl)c(S)c1. The fraction of sp³-hybridized carbons (Fsp3) is 0.143. The van der Waals surface area contributed by atoms with Crippen molar-refractivity contribution in [3.8, 4) is 5.75 Å². The predicted octanol–water partition coefficient (Wildman–Crippen LogP) is 3.53. The smallest absolute Gasteiger partial charge is 0.406 e. The van der Waals surface area contributed by atoms with E-state index in [1.807, 2.05) is 0 Å². The van der Waals surface area contributed by atoms with E-state index in [9.17, 15) is 13.2 Å². The fourth-order valence-electron chi connectivity index (χ4n) is 0.690. The number of halogens is 4. The summed E-state index contributed by atoms with van der Waals surface area (Å²) in [5.41, 5.74) is 0. The minimum absolute atomic E-state index is 0.239. The first-order chi connectivity index (χ1) is 5.88. The second kappa shape index (κ2) is 3.67. The largest absolute Gasteiger partial charge is 0.573 e. The highest BCUT2D eigenvalue weighted by molar-refractivity contribution is 7.80. The maximum Gasteiger partial charge on any atom is 0.573 e. The van der Waals surface area contributed by atoms with E-state index in [1.165, 1.54) is 6.07 Å². The molecule has 1 nitrogen and oxygen atoms in total. The monoisotopic (exact) mass is 228 g/mol. The minimum atomic E-state index is -4.69. The van der Waals surface area contributed by atoms with E-state index in [4.69, 9.17) is 11.6 Å². The van der Waals surface area contributed by atoms with Gasteiger partial charge in [0.25, 0.3) is 0 Å². The predicted molar refractivity (Wildman–Crippen MR) is 45.4 cm³/mol. The van der Waals surface area contributed by atoms with Gasteiger partial charge in [-0.1, -0.05) is 11.6 Å². The average molecular weight is 229 g/mol. The molecule has 0 heterocycles. The Balaban J connectivity index is 2.86. The van der Waals surface area contributed by atoms with Crippen LogP contribution >= 0.6 is 24.2 Å². The lowest BCUT2D eigenvalue weighted by Crippen LogP contribution is -2.17. The lowest BCUT2D eigenvalue weighted by Gasteiger charge is -2.09. The van der Waals surface area contributed by atoms with Crippen molar-refractivity contribution >= 4 is 24.2 Å². The molecule has 72 valence electrons. The molecule has 0 spiro atoms. The van der Waals surface area contributed by atoms with Crippen molar-refractivity contribution in [2.45, 2.75) is 11.3 Å². The van der Waals surface area contributed by atoms with Gasteiger partial charge in [-0.2, -0.15) is 0 Å². The molecule has 0 saturated heterocycles. The van der Waals surface area contributed by atoms with E-state index in [0.29, 0.717) is 0 Å². The van der Waals surface area contributed by atoms with Gasteiger partial charge in [0.1, 0.15) is 5.75 Å². The highest BCUT2D eigenvalue weighted by Crippen LogP contribution is 2.28. The Hall–Kier alpha value is -0.550. The Kier molecular flexibility index (Phi) is 2.98. The summed E-state index contributed by atoms with van der Waals surface area (Å²) in [6.45, 7) is 0. The normalized spacial score (nSPS) is 11.5. The molecule has 1 aromatic carbocycles. The summed E-state index contributed by atoms with van der Waals surface area (Å²) < 4.78 is 38.7. The molecular formula is C7H4ClF3OS. The first kappa shape index (κ1) is 10.5. The van der Waals surface area contributed by atoms with Crippen LogP contribution in [-0.2, 0) is 0 Å². The molecule has 0 aliphatic rings. The fourth-order valence-corrected chi connectivity index (χ4v) is 1.01. The van der Waals surface area contributed by atoms with Gasteiger partial charge in [0.05, 0.1) is 5.02 Å². The molecule has 0 radical (unpaired) electrons. The molecule has 0 aliphatic carbocycles. The van der Waals surface area contributed by atoms with Gasteiger partial charge < -0.3 is 4.74 Å². The van der Waals surface area contributed by atoms with E-state index in [2.05, 4.69) is 17.4 Å². The summed E-state index contributed by atoms with van der Waals surface area (Å²) in [5.74, 6) is -0.332. The van der Waals surface area contributed by atoms with E-state index in [-0.39, 0.29) is 15.7 Å². The zero-order valence-corrected chi connectivity index (χ0v) is 7.75. The average Bonchev–Trinajstić information content (AvgIpc) is 1.94. The molecule has 0 unspecified atom stereocenters. The lowest BCUT2D eigenvalue weighted by atomic mass is 10.3. The van der Waals surface area contributed by atoms with E-state index < -0.39 is 6.36 Å². The Morgan fingerprint density at radius 2 is 1.92 bits per heavy atom. The molecule has 0 fully saturated rings. The van der Waals surface area contributed by atoms with Gasteiger partial charge >= 0.3 is 6.36 Å². The molecule has 0 saturated carbocycles. The van der Waals surface area contributed by atoms with Crippen molar-refractivity contribution in [2.24, 2.45) is 0 Å². The minimum Gasteiger partial charge on any atom is -0.406 e. The summed E-state index contributed by atoms with van der Waals surface area (Å²) >= 11 is 9.38. The van der Waals surface area contributed by atoms with E-state index in [0.717, 1.165) is 12.1 Å². The van der Waals surface area contributed by atoms with Crippen molar-refractivity contribution in [2.75, 3.05) is 0 Å². The van der Waals surface area contributed by atoms with Gasteiger partial charge in [-0.25, -0.2) is 0 Å². The third-order valence-electron chi connectivity index (χ3n) is 1.15. The van der Waals surface area contributed by atoms with Crippen LogP contribution in [0.3, 0.4) is 0 Å². The number of rotatable bonds is 1. The first-order valence-electron chi connectivity index (χ1n) is 3.13. The molecule has 0 atom stereocenters. The standard InChI is InChI=1S/C7H4ClF3OS/c8-5-2-1-4(3-6(5)13)12-7(9,10)11/h1-3,13H. The number of hydrogen-bond donors (Lipinski definition) is 1. The van der Waals surface area contributed by atoms with Crippen molar-refractivity contribution in [3.63, 3.8) is 0 Å². The Morgan fingerprint density at radius 3 is 2.38 bits per heavy atom. The molecule has 6 heteroatoms. The summed E-state index contributed by atoms with van der Waals surface area (Å²) in [5, 5.41) is 0.276. The van der Waals surface area contributed by atoms with Crippen LogP contribution in [0.4, 0.5) is 13.2 Å². The van der Waals surface area contributed by atoms with Crippen molar-refractivity contribution in [1.82, 2.24) is 0 Å². The molecule has 1 aromatic rings. The summed E-state index contributed by atoms with van der Waals surface area (Å²) in [6, 6.07) is 3.50. The number of thiol groups is 1. The van der Waals surface area contributed by atoms with Crippen LogP contribution in [0.5, 0.6) is 5.75 Å². The van der Waals surface area contributed by atoms with Crippen LogP contribution in [0, 0.1) is 0 Å². The molecule has 0 aromatic heterocycles. The first-order valence-corrected chi connectivity index (χ1v) is 3.95. The third-order valence-corrected chi connectivity index (χ3v) is 1.98. The Labute approximate surface area is 82.9 Å². The van der Waals surface area contributed by atoms with Crippen LogP contribution < -0.4 is 4.74 Å². The van der Waals surface area contributed by atoms with Crippen LogP contribution in [0.1, 0.15) is 0 Å². The number of hydrogen-bond acceptors (Lipinski definition) is 2. The van der Waals surface area contributed by atoms with Crippen LogP contribution in [0.15, 0.2) is 23.1 Å². The summed E-state index contributed by atoms with van der Waals surface area (Å²) in [7, 11) is 0. The lowest BCUT2D eigenvalue weighted by molar-refractivity contribution is -0.274. The van der Waals surface area contributed by atoms with E-state index >= 15 is 0 Å². The van der Waals surface area contributed by atoms with Gasteiger partial charge in [-0.3, -0.25) is 0 Å². The van der Waals surface area contributed by atoms with Crippen LogP contribution in [-0.4, -0.2) is 6.36 Å². The van der Waals surface area contributed by atoms with Crippen molar-refractivity contribution < 1.29 is 17.9 Å². The highest BCUT2D eigenvalue weighted by atomic mass is 35.5. The van der Waals surface area contributed by atoms with Crippen molar-refractivity contribution in [1.29, 1.82) is 0 Å². The number of benzene rings is 1. The maximum atomic E-state index is 11.7. The molecular weight excluding hydrogens is 225 g/mol. The molecule has 0 N–H and O–H groups in total. The second-order valence-electron chi connectivity index (χ2n) is 2.16. The van der Waals surface area contributed by atoms with E-state index in [1.54, 1.807) is 0 Å². The topological polar surface area (TPSA) is 9.23 Å². The zero-order chi connectivity index (χ0) is 10.1. The second-order valence-corrected chi connectivity index (χ2v) is 3.05. The third kappa shape index (κ3) is 3.36. The highest BCUT2D eigenvalue weighted by Gasteiger charge is 2.31. The Bertz CT molecular complexity index is 313. The Morgan fingerprint density at radius 1 is 1.31 bits per heavy atom. The van der Waals surface area contributed by atoms with Crippen molar-refractivity contribution in [3.05, 3.63) is 23.2 Å². The molecule has 0 amide bonds. The number of alkyl halides is 3. The quantitative estimate of drug-likeness (QED) is 0.724. The van der Waals surface area contributed by atoms with Gasteiger partial charge in [-0.15, -0.1) is 25.8 Å².